The second kappa shape index (κ2) is 7.53. The maximum absolute atomic E-state index is 13.8. The Hall–Kier alpha value is -1.66. The summed E-state index contributed by atoms with van der Waals surface area (Å²) in [6, 6.07) is 7.05. The first-order valence-electron chi connectivity index (χ1n) is 9.79. The van der Waals surface area contributed by atoms with Crippen molar-refractivity contribution in [2.45, 2.75) is 37.8 Å². The van der Waals surface area contributed by atoms with Crippen LogP contribution in [0, 0.1) is 11.7 Å². The summed E-state index contributed by atoms with van der Waals surface area (Å²) in [5.74, 6) is 0.334. The zero-order chi connectivity index (χ0) is 18.0. The average molecular weight is 361 g/mol. The number of amides is 2. The Morgan fingerprint density at radius 3 is 2.81 bits per heavy atom. The van der Waals surface area contributed by atoms with Crippen molar-refractivity contribution in [3.8, 4) is 0 Å². The molecule has 1 N–H and O–H groups in total. The Labute approximate surface area is 154 Å². The molecule has 1 spiro atoms. The molecule has 2 amide bonds. The van der Waals surface area contributed by atoms with Crippen molar-refractivity contribution in [3.05, 3.63) is 35.6 Å². The third-order valence-electron chi connectivity index (χ3n) is 6.10. The third kappa shape index (κ3) is 3.58. The number of hydrogen-bond acceptors (Lipinski definition) is 3. The summed E-state index contributed by atoms with van der Waals surface area (Å²) in [7, 11) is 0. The summed E-state index contributed by atoms with van der Waals surface area (Å²) in [4.78, 5) is 16.2. The highest BCUT2D eigenvalue weighted by atomic mass is 19.1. The number of likely N-dealkylation sites (tertiary alicyclic amines) is 2. The van der Waals surface area contributed by atoms with Crippen molar-refractivity contribution < 1.29 is 13.9 Å². The third-order valence-corrected chi connectivity index (χ3v) is 6.10. The van der Waals surface area contributed by atoms with Crippen molar-refractivity contribution in [3.63, 3.8) is 0 Å². The molecule has 3 aliphatic heterocycles. The smallest absolute Gasteiger partial charge is 0.317 e. The molecule has 0 bridgehead atoms. The molecular weight excluding hydrogens is 333 g/mol. The fourth-order valence-electron chi connectivity index (χ4n) is 4.62. The largest absolute Gasteiger partial charge is 0.372 e. The van der Waals surface area contributed by atoms with E-state index in [9.17, 15) is 9.18 Å². The van der Waals surface area contributed by atoms with Gasteiger partial charge in [-0.1, -0.05) is 18.2 Å². The van der Waals surface area contributed by atoms with E-state index in [-0.39, 0.29) is 17.4 Å². The quantitative estimate of drug-likeness (QED) is 0.877. The zero-order valence-electron chi connectivity index (χ0n) is 15.3. The van der Waals surface area contributed by atoms with Crippen LogP contribution in [0.1, 0.15) is 31.2 Å². The summed E-state index contributed by atoms with van der Waals surface area (Å²) in [6.45, 7) is 5.60. The van der Waals surface area contributed by atoms with Gasteiger partial charge in [0.15, 0.2) is 0 Å². The highest BCUT2D eigenvalue weighted by Crippen LogP contribution is 2.42. The highest BCUT2D eigenvalue weighted by Gasteiger charge is 2.52. The summed E-state index contributed by atoms with van der Waals surface area (Å²) in [5.41, 5.74) is 0.652. The van der Waals surface area contributed by atoms with E-state index in [4.69, 9.17) is 4.74 Å². The van der Waals surface area contributed by atoms with Crippen molar-refractivity contribution in [2.75, 3.05) is 39.3 Å². The van der Waals surface area contributed by atoms with E-state index in [2.05, 4.69) is 10.2 Å². The Morgan fingerprint density at radius 2 is 2.04 bits per heavy atom. The molecule has 0 saturated carbocycles. The molecule has 26 heavy (non-hydrogen) atoms. The number of hydrogen-bond donors (Lipinski definition) is 1. The van der Waals surface area contributed by atoms with Crippen molar-refractivity contribution in [2.24, 2.45) is 5.92 Å². The van der Waals surface area contributed by atoms with Crippen LogP contribution in [0.4, 0.5) is 9.18 Å². The van der Waals surface area contributed by atoms with Crippen molar-refractivity contribution in [1.29, 1.82) is 0 Å². The minimum Gasteiger partial charge on any atom is -0.372 e. The number of benzene rings is 1. The fraction of sp³-hybridized carbons (Fsp3) is 0.650. The van der Waals surface area contributed by atoms with Gasteiger partial charge in [-0.25, -0.2) is 9.18 Å². The van der Waals surface area contributed by atoms with Gasteiger partial charge < -0.3 is 15.0 Å². The van der Waals surface area contributed by atoms with Crippen molar-refractivity contribution >= 4 is 6.03 Å². The van der Waals surface area contributed by atoms with Gasteiger partial charge in [-0.3, -0.25) is 4.90 Å². The van der Waals surface area contributed by atoms with Gasteiger partial charge in [0, 0.05) is 51.4 Å². The number of rotatable bonds is 5. The minimum absolute atomic E-state index is 0.0743. The second-order valence-electron chi connectivity index (χ2n) is 7.85. The average Bonchev–Trinajstić information content (AvgIpc) is 3.26. The molecule has 0 aliphatic carbocycles. The molecule has 3 fully saturated rings. The first-order chi connectivity index (χ1) is 12.7. The van der Waals surface area contributed by atoms with Crippen molar-refractivity contribution in [1.82, 2.24) is 15.1 Å². The van der Waals surface area contributed by atoms with Gasteiger partial charge in [0.1, 0.15) is 5.82 Å². The van der Waals surface area contributed by atoms with Crippen LogP contribution in [-0.4, -0.2) is 60.8 Å². The van der Waals surface area contributed by atoms with Crippen LogP contribution in [0.3, 0.4) is 0 Å². The monoisotopic (exact) mass is 361 g/mol. The molecule has 3 saturated heterocycles. The Kier molecular flexibility index (Phi) is 5.14. The van der Waals surface area contributed by atoms with E-state index < -0.39 is 0 Å². The van der Waals surface area contributed by atoms with E-state index in [0.717, 1.165) is 64.0 Å². The first-order valence-corrected chi connectivity index (χ1v) is 9.79. The molecule has 0 unspecified atom stereocenters. The van der Waals surface area contributed by atoms with Gasteiger partial charge >= 0.3 is 6.03 Å². The Morgan fingerprint density at radius 1 is 1.27 bits per heavy atom. The standard InChI is InChI=1S/C20H28FN3O2/c21-18-6-2-1-5-16(18)13-23-14-20(15-23)17(8-12-26-20)7-9-22-19(25)24-10-3-4-11-24/h1-2,5-6,17H,3-4,7-15H2,(H,22,25)/t17-/m1/s1. The number of carbonyl (C=O) groups is 1. The number of halogens is 1. The summed E-state index contributed by atoms with van der Waals surface area (Å²) in [5, 5.41) is 3.06. The summed E-state index contributed by atoms with van der Waals surface area (Å²) in [6.07, 6.45) is 4.23. The summed E-state index contributed by atoms with van der Waals surface area (Å²) >= 11 is 0. The van der Waals surface area contributed by atoms with Gasteiger partial charge in [-0.2, -0.15) is 0 Å². The lowest BCUT2D eigenvalue weighted by molar-refractivity contribution is -0.137. The van der Waals surface area contributed by atoms with E-state index in [1.807, 2.05) is 17.0 Å². The molecule has 1 atom stereocenters. The molecular formula is C20H28FN3O2. The van der Waals surface area contributed by atoms with Gasteiger partial charge in [0.2, 0.25) is 0 Å². The first kappa shape index (κ1) is 17.7. The van der Waals surface area contributed by atoms with E-state index in [1.165, 1.54) is 6.07 Å². The van der Waals surface area contributed by atoms with Crippen LogP contribution >= 0.6 is 0 Å². The molecule has 4 rings (SSSR count). The predicted molar refractivity (Wildman–Crippen MR) is 97.3 cm³/mol. The lowest BCUT2D eigenvalue weighted by atomic mass is 9.78. The zero-order valence-corrected chi connectivity index (χ0v) is 15.3. The van der Waals surface area contributed by atoms with Gasteiger partial charge in [-0.15, -0.1) is 0 Å². The molecule has 6 heteroatoms. The SMILES string of the molecule is O=C(NCC[C@@H]1CCOC12CN(Cc1ccccc1F)C2)N1CCCC1. The molecule has 0 radical (unpaired) electrons. The molecule has 1 aromatic rings. The second-order valence-corrected chi connectivity index (χ2v) is 7.85. The van der Waals surface area contributed by atoms with Crippen LogP contribution in [-0.2, 0) is 11.3 Å². The van der Waals surface area contributed by atoms with Gasteiger partial charge in [-0.05, 0) is 37.7 Å². The summed E-state index contributed by atoms with van der Waals surface area (Å²) < 4.78 is 19.9. The Balaban J connectivity index is 1.24. The van der Waals surface area contributed by atoms with Crippen LogP contribution in [0.15, 0.2) is 24.3 Å². The van der Waals surface area contributed by atoms with Gasteiger partial charge in [0.05, 0.1) is 5.60 Å². The molecule has 1 aromatic carbocycles. The van der Waals surface area contributed by atoms with Gasteiger partial charge in [0.25, 0.3) is 0 Å². The maximum atomic E-state index is 13.8. The molecule has 142 valence electrons. The lowest BCUT2D eigenvalue weighted by Gasteiger charge is -2.50. The van der Waals surface area contributed by atoms with E-state index >= 15 is 0 Å². The minimum atomic E-state index is -0.137. The Bertz CT molecular complexity index is 642. The molecule has 3 heterocycles. The number of ether oxygens (including phenoxy) is 1. The highest BCUT2D eigenvalue weighted by molar-refractivity contribution is 5.74. The molecule has 0 aromatic heterocycles. The lowest BCUT2D eigenvalue weighted by Crippen LogP contribution is -2.64. The topological polar surface area (TPSA) is 44.8 Å². The van der Waals surface area contributed by atoms with E-state index in [0.29, 0.717) is 19.0 Å². The van der Waals surface area contributed by atoms with Crippen LogP contribution in [0.2, 0.25) is 0 Å². The molecule has 5 nitrogen and oxygen atoms in total. The maximum Gasteiger partial charge on any atom is 0.317 e. The number of carbonyl (C=O) groups excluding carboxylic acids is 1. The van der Waals surface area contributed by atoms with E-state index in [1.54, 1.807) is 6.07 Å². The fourth-order valence-corrected chi connectivity index (χ4v) is 4.62. The number of nitrogens with zero attached hydrogens (tertiary/aromatic N) is 2. The number of nitrogens with one attached hydrogen (secondary N) is 1. The molecule has 3 aliphatic rings. The van der Waals surface area contributed by atoms with Crippen LogP contribution in [0.5, 0.6) is 0 Å². The van der Waals surface area contributed by atoms with Crippen LogP contribution in [0.25, 0.3) is 0 Å². The number of urea groups is 1. The predicted octanol–water partition coefficient (Wildman–Crippen LogP) is 2.61. The normalized spacial score (nSPS) is 24.8. The van der Waals surface area contributed by atoms with Crippen LogP contribution < -0.4 is 5.32 Å².